The van der Waals surface area contributed by atoms with Crippen molar-refractivity contribution in [1.82, 2.24) is 9.55 Å². The zero-order valence-electron chi connectivity index (χ0n) is 11.9. The summed E-state index contributed by atoms with van der Waals surface area (Å²) in [7, 11) is 0. The highest BCUT2D eigenvalue weighted by molar-refractivity contribution is 6.20. The molecule has 2 nitrogen and oxygen atoms in total. The van der Waals surface area contributed by atoms with Gasteiger partial charge < -0.3 is 4.57 Å². The largest absolute Gasteiger partial charge is 0.324 e. The summed E-state index contributed by atoms with van der Waals surface area (Å²) in [5.74, 6) is 1.02. The fourth-order valence-electron chi connectivity index (χ4n) is 3.35. The number of aromatic nitrogens is 2. The predicted molar refractivity (Wildman–Crippen MR) is 80.7 cm³/mol. The number of hydrogen-bond donors (Lipinski definition) is 0. The topological polar surface area (TPSA) is 17.8 Å². The molecule has 1 aliphatic rings. The van der Waals surface area contributed by atoms with Crippen LogP contribution in [-0.2, 0) is 0 Å². The second-order valence-corrected chi connectivity index (χ2v) is 7.16. The maximum Gasteiger partial charge on any atom is 0.127 e. The third-order valence-electron chi connectivity index (χ3n) is 4.29. The number of fused-ring (bicyclic) bond motifs is 1. The van der Waals surface area contributed by atoms with Crippen LogP contribution in [0.5, 0.6) is 0 Å². The molecule has 0 saturated heterocycles. The van der Waals surface area contributed by atoms with Crippen LogP contribution >= 0.6 is 11.6 Å². The van der Waals surface area contributed by atoms with Crippen molar-refractivity contribution in [1.29, 1.82) is 0 Å². The molecule has 0 amide bonds. The average molecular weight is 277 g/mol. The molecule has 102 valence electrons. The summed E-state index contributed by atoms with van der Waals surface area (Å²) in [6.07, 6.45) is 3.72. The van der Waals surface area contributed by atoms with Gasteiger partial charge in [0, 0.05) is 6.04 Å². The van der Waals surface area contributed by atoms with Crippen molar-refractivity contribution in [3.8, 4) is 0 Å². The van der Waals surface area contributed by atoms with E-state index in [1.165, 1.54) is 24.8 Å². The van der Waals surface area contributed by atoms with Crippen molar-refractivity contribution in [3.05, 3.63) is 30.1 Å². The quantitative estimate of drug-likeness (QED) is 0.699. The molecule has 0 radical (unpaired) electrons. The molecule has 1 aromatic carbocycles. The van der Waals surface area contributed by atoms with Crippen molar-refractivity contribution in [3.63, 3.8) is 0 Å². The van der Waals surface area contributed by atoms with E-state index in [0.29, 0.717) is 11.5 Å². The van der Waals surface area contributed by atoms with E-state index in [-0.39, 0.29) is 5.38 Å². The lowest BCUT2D eigenvalue weighted by molar-refractivity contribution is 0.358. The standard InChI is InChI=1S/C16H21ClN2/c1-11(17)15-18-13-6-4-5-7-14(13)19(15)12-8-9-16(2,3)10-12/h4-7,11-12H,8-10H2,1-3H3. The first-order chi connectivity index (χ1) is 8.98. The number of nitrogens with zero attached hydrogens (tertiary/aromatic N) is 2. The van der Waals surface area contributed by atoms with Crippen molar-refractivity contribution in [2.75, 3.05) is 0 Å². The molecule has 3 heteroatoms. The summed E-state index contributed by atoms with van der Waals surface area (Å²) >= 11 is 6.35. The SMILES string of the molecule is CC(Cl)c1nc2ccccc2n1C1CCC(C)(C)C1. The van der Waals surface area contributed by atoms with Crippen LogP contribution in [0.3, 0.4) is 0 Å². The van der Waals surface area contributed by atoms with Crippen molar-refractivity contribution >= 4 is 22.6 Å². The van der Waals surface area contributed by atoms with Gasteiger partial charge in [-0.05, 0) is 43.7 Å². The second-order valence-electron chi connectivity index (χ2n) is 6.51. The van der Waals surface area contributed by atoms with Crippen molar-refractivity contribution in [2.45, 2.75) is 51.5 Å². The molecule has 3 rings (SSSR count). The molecule has 0 aliphatic heterocycles. The first-order valence-corrected chi connectivity index (χ1v) is 7.52. The number of hydrogen-bond acceptors (Lipinski definition) is 1. The zero-order valence-corrected chi connectivity index (χ0v) is 12.6. The number of benzene rings is 1. The van der Waals surface area contributed by atoms with Crippen LogP contribution in [0.25, 0.3) is 11.0 Å². The molecule has 2 aromatic rings. The average Bonchev–Trinajstić information content (AvgIpc) is 2.89. The van der Waals surface area contributed by atoms with Gasteiger partial charge in [0.15, 0.2) is 0 Å². The monoisotopic (exact) mass is 276 g/mol. The summed E-state index contributed by atoms with van der Waals surface area (Å²) < 4.78 is 2.39. The molecular formula is C16H21ClN2. The maximum atomic E-state index is 6.35. The van der Waals surface area contributed by atoms with E-state index in [9.17, 15) is 0 Å². The highest BCUT2D eigenvalue weighted by Gasteiger charge is 2.34. The van der Waals surface area contributed by atoms with Gasteiger partial charge in [0.25, 0.3) is 0 Å². The van der Waals surface area contributed by atoms with E-state index in [0.717, 1.165) is 11.3 Å². The van der Waals surface area contributed by atoms with E-state index in [1.807, 2.05) is 13.0 Å². The first-order valence-electron chi connectivity index (χ1n) is 7.09. The Morgan fingerprint density at radius 1 is 1.37 bits per heavy atom. The Labute approximate surface area is 119 Å². The minimum Gasteiger partial charge on any atom is -0.324 e. The van der Waals surface area contributed by atoms with Crippen LogP contribution in [0.15, 0.2) is 24.3 Å². The molecule has 0 N–H and O–H groups in total. The lowest BCUT2D eigenvalue weighted by Crippen LogP contribution is -2.12. The van der Waals surface area contributed by atoms with Gasteiger partial charge in [-0.15, -0.1) is 11.6 Å². The molecule has 0 bridgehead atoms. The molecule has 1 fully saturated rings. The van der Waals surface area contributed by atoms with Crippen LogP contribution in [0.2, 0.25) is 0 Å². The van der Waals surface area contributed by atoms with E-state index in [1.54, 1.807) is 0 Å². The van der Waals surface area contributed by atoms with Crippen molar-refractivity contribution in [2.24, 2.45) is 5.41 Å². The first kappa shape index (κ1) is 13.0. The Balaban J connectivity index is 2.13. The van der Waals surface area contributed by atoms with Gasteiger partial charge in [-0.3, -0.25) is 0 Å². The molecule has 1 saturated carbocycles. The summed E-state index contributed by atoms with van der Waals surface area (Å²) in [4.78, 5) is 4.74. The number of alkyl halides is 1. The predicted octanol–water partition coefficient (Wildman–Crippen LogP) is 5.09. The minimum atomic E-state index is -0.0453. The molecule has 1 heterocycles. The highest BCUT2D eigenvalue weighted by Crippen LogP contribution is 2.45. The van der Waals surface area contributed by atoms with E-state index in [4.69, 9.17) is 16.6 Å². The number of rotatable bonds is 2. The van der Waals surface area contributed by atoms with Crippen LogP contribution in [0.4, 0.5) is 0 Å². The summed E-state index contributed by atoms with van der Waals surface area (Å²) in [5.41, 5.74) is 2.73. The Morgan fingerprint density at radius 2 is 2.11 bits per heavy atom. The summed E-state index contributed by atoms with van der Waals surface area (Å²) in [6.45, 7) is 6.73. The molecule has 1 aromatic heterocycles. The number of imidazole rings is 1. The second kappa shape index (κ2) is 4.52. The van der Waals surface area contributed by atoms with Gasteiger partial charge in [-0.1, -0.05) is 26.0 Å². The lowest BCUT2D eigenvalue weighted by atomic mass is 9.92. The van der Waals surface area contributed by atoms with E-state index < -0.39 is 0 Å². The Kier molecular flexibility index (Phi) is 3.09. The van der Waals surface area contributed by atoms with Gasteiger partial charge in [0.1, 0.15) is 5.82 Å². The fraction of sp³-hybridized carbons (Fsp3) is 0.562. The molecule has 19 heavy (non-hydrogen) atoms. The number of halogens is 1. The molecular weight excluding hydrogens is 256 g/mol. The summed E-state index contributed by atoms with van der Waals surface area (Å²) in [5, 5.41) is -0.0453. The number of para-hydroxylation sites is 2. The maximum absolute atomic E-state index is 6.35. The lowest BCUT2D eigenvalue weighted by Gasteiger charge is -2.20. The molecule has 2 unspecified atom stereocenters. The van der Waals surface area contributed by atoms with Gasteiger partial charge >= 0.3 is 0 Å². The van der Waals surface area contributed by atoms with Crippen LogP contribution in [0, 0.1) is 5.41 Å². The smallest absolute Gasteiger partial charge is 0.127 e. The van der Waals surface area contributed by atoms with Crippen molar-refractivity contribution < 1.29 is 0 Å². The molecule has 1 aliphatic carbocycles. The highest BCUT2D eigenvalue weighted by atomic mass is 35.5. The van der Waals surface area contributed by atoms with Gasteiger partial charge in [0.05, 0.1) is 16.4 Å². The zero-order chi connectivity index (χ0) is 13.6. The third-order valence-corrected chi connectivity index (χ3v) is 4.48. The fourth-order valence-corrected chi connectivity index (χ4v) is 3.50. The van der Waals surface area contributed by atoms with Crippen LogP contribution in [0.1, 0.15) is 57.3 Å². The van der Waals surface area contributed by atoms with Gasteiger partial charge in [-0.2, -0.15) is 0 Å². The normalized spacial score (nSPS) is 23.9. The Bertz CT molecular complexity index is 598. The van der Waals surface area contributed by atoms with E-state index in [2.05, 4.69) is 36.6 Å². The molecule has 0 spiro atoms. The van der Waals surface area contributed by atoms with Gasteiger partial charge in [-0.25, -0.2) is 4.98 Å². The Morgan fingerprint density at radius 3 is 2.74 bits per heavy atom. The third kappa shape index (κ3) is 2.27. The summed E-state index contributed by atoms with van der Waals surface area (Å²) in [6, 6.07) is 8.91. The van der Waals surface area contributed by atoms with Gasteiger partial charge in [0.2, 0.25) is 0 Å². The van der Waals surface area contributed by atoms with Crippen LogP contribution < -0.4 is 0 Å². The van der Waals surface area contributed by atoms with E-state index >= 15 is 0 Å². The Hall–Kier alpha value is -1.02. The van der Waals surface area contributed by atoms with Crippen LogP contribution in [-0.4, -0.2) is 9.55 Å². The minimum absolute atomic E-state index is 0.0453. The molecule has 2 atom stereocenters.